The third kappa shape index (κ3) is 4.02. The number of carbonyl (C=O) groups is 1. The molecule has 1 aromatic rings. The molecule has 0 bridgehead atoms. The van der Waals surface area contributed by atoms with Crippen molar-refractivity contribution < 1.29 is 18.3 Å². The summed E-state index contributed by atoms with van der Waals surface area (Å²) in [5.74, 6) is 0.715. The number of nitrogens with one attached hydrogen (secondary N) is 1. The van der Waals surface area contributed by atoms with Crippen LogP contribution in [0.5, 0.6) is 0 Å². The minimum Gasteiger partial charge on any atom is -0.477 e. The molecule has 0 aliphatic carbocycles. The van der Waals surface area contributed by atoms with Crippen molar-refractivity contribution in [2.24, 2.45) is 0 Å². The molecule has 6 nitrogen and oxygen atoms in total. The molecule has 1 fully saturated rings. The van der Waals surface area contributed by atoms with E-state index in [-0.39, 0.29) is 16.6 Å². The average molecular weight is 332 g/mol. The van der Waals surface area contributed by atoms with Gasteiger partial charge in [0.2, 0.25) is 10.0 Å². The number of aromatic carboxylic acids is 1. The first-order chi connectivity index (χ1) is 9.94. The number of carboxylic acids is 1. The summed E-state index contributed by atoms with van der Waals surface area (Å²) >= 11 is 1.73. The van der Waals surface area contributed by atoms with Crippen LogP contribution in [0.15, 0.2) is 17.2 Å². The smallest absolute Gasteiger partial charge is 0.352 e. The van der Waals surface area contributed by atoms with Gasteiger partial charge in [-0.3, -0.25) is 0 Å². The Morgan fingerprint density at radius 2 is 2.33 bits per heavy atom. The maximum atomic E-state index is 12.4. The van der Waals surface area contributed by atoms with Crippen LogP contribution in [-0.4, -0.2) is 41.6 Å². The van der Waals surface area contributed by atoms with Crippen molar-refractivity contribution >= 4 is 27.8 Å². The van der Waals surface area contributed by atoms with Crippen LogP contribution in [0, 0.1) is 0 Å². The van der Waals surface area contributed by atoms with Crippen molar-refractivity contribution in [2.45, 2.75) is 43.7 Å². The third-order valence-electron chi connectivity index (χ3n) is 3.35. The number of aromatic nitrogens is 1. The molecule has 1 atom stereocenters. The van der Waals surface area contributed by atoms with Gasteiger partial charge in [0.1, 0.15) is 10.6 Å². The number of carboxylic acid groups (broad SMARTS) is 1. The van der Waals surface area contributed by atoms with Crippen LogP contribution in [0.2, 0.25) is 0 Å². The number of hydrogen-bond acceptors (Lipinski definition) is 4. The maximum Gasteiger partial charge on any atom is 0.352 e. The molecule has 8 heteroatoms. The lowest BCUT2D eigenvalue weighted by Gasteiger charge is -2.21. The molecule has 0 aromatic carbocycles. The molecular formula is C13H20N2O4S2. The van der Waals surface area contributed by atoms with E-state index in [1.807, 2.05) is 6.92 Å². The van der Waals surface area contributed by atoms with E-state index >= 15 is 0 Å². The summed E-state index contributed by atoms with van der Waals surface area (Å²) in [5, 5.41) is 9.15. The maximum absolute atomic E-state index is 12.4. The van der Waals surface area contributed by atoms with Crippen LogP contribution in [0.4, 0.5) is 0 Å². The highest BCUT2D eigenvalue weighted by atomic mass is 32.2. The van der Waals surface area contributed by atoms with Gasteiger partial charge in [0, 0.05) is 24.5 Å². The zero-order valence-corrected chi connectivity index (χ0v) is 13.5. The fourth-order valence-electron chi connectivity index (χ4n) is 2.36. The van der Waals surface area contributed by atoms with Crippen molar-refractivity contribution in [3.05, 3.63) is 18.0 Å². The van der Waals surface area contributed by atoms with E-state index in [0.717, 1.165) is 30.8 Å². The quantitative estimate of drug-likeness (QED) is 0.829. The highest BCUT2D eigenvalue weighted by Crippen LogP contribution is 2.20. The predicted molar refractivity (Wildman–Crippen MR) is 82.4 cm³/mol. The molecular weight excluding hydrogens is 312 g/mol. The molecule has 1 aliphatic heterocycles. The lowest BCUT2D eigenvalue weighted by atomic mass is 10.2. The Labute approximate surface area is 129 Å². The van der Waals surface area contributed by atoms with Crippen LogP contribution < -0.4 is 4.72 Å². The molecule has 1 aromatic heterocycles. The number of aryl methyl sites for hydroxylation is 1. The minimum absolute atomic E-state index is 0.00949. The van der Waals surface area contributed by atoms with Crippen molar-refractivity contribution in [2.75, 3.05) is 11.5 Å². The van der Waals surface area contributed by atoms with Gasteiger partial charge in [-0.15, -0.1) is 0 Å². The van der Waals surface area contributed by atoms with Gasteiger partial charge in [0.25, 0.3) is 0 Å². The van der Waals surface area contributed by atoms with Crippen LogP contribution in [0.1, 0.15) is 36.7 Å². The van der Waals surface area contributed by atoms with Gasteiger partial charge >= 0.3 is 5.97 Å². The van der Waals surface area contributed by atoms with E-state index < -0.39 is 16.0 Å². The lowest BCUT2D eigenvalue weighted by molar-refractivity contribution is 0.0685. The van der Waals surface area contributed by atoms with Gasteiger partial charge in [-0.05, 0) is 31.1 Å². The summed E-state index contributed by atoms with van der Waals surface area (Å²) in [6, 6.07) is 1.16. The largest absolute Gasteiger partial charge is 0.477 e. The summed E-state index contributed by atoms with van der Waals surface area (Å²) in [5.41, 5.74) is 0.00949. The molecule has 0 spiro atoms. The first-order valence-corrected chi connectivity index (χ1v) is 9.61. The first-order valence-electron chi connectivity index (χ1n) is 6.97. The number of hydrogen-bond donors (Lipinski definition) is 2. The standard InChI is InChI=1S/C13H20N2O4S2/c1-2-5-15-8-11(7-12(15)13(16)17)21(18,19)14-10-4-3-6-20-9-10/h7-8,10,14H,2-6,9H2,1H3,(H,16,17). The second-order valence-electron chi connectivity index (χ2n) is 5.09. The molecule has 2 heterocycles. The minimum atomic E-state index is -3.66. The van der Waals surface area contributed by atoms with Gasteiger partial charge < -0.3 is 9.67 Å². The van der Waals surface area contributed by atoms with Crippen molar-refractivity contribution in [3.8, 4) is 0 Å². The predicted octanol–water partition coefficient (Wildman–Crippen LogP) is 1.77. The number of rotatable bonds is 6. The molecule has 0 radical (unpaired) electrons. The second-order valence-corrected chi connectivity index (χ2v) is 7.96. The Morgan fingerprint density at radius 3 is 2.90 bits per heavy atom. The number of thioether (sulfide) groups is 1. The molecule has 2 N–H and O–H groups in total. The fraction of sp³-hybridized carbons (Fsp3) is 0.615. The summed E-state index contributed by atoms with van der Waals surface area (Å²) in [6.45, 7) is 2.40. The topological polar surface area (TPSA) is 88.4 Å². The summed E-state index contributed by atoms with van der Waals surface area (Å²) < 4.78 is 28.9. The monoisotopic (exact) mass is 332 g/mol. The van der Waals surface area contributed by atoms with Crippen LogP contribution >= 0.6 is 11.8 Å². The zero-order chi connectivity index (χ0) is 15.5. The van der Waals surface area contributed by atoms with Crippen molar-refractivity contribution in [3.63, 3.8) is 0 Å². The molecule has 118 valence electrons. The Hall–Kier alpha value is -0.990. The molecule has 2 rings (SSSR count). The number of nitrogens with zero attached hydrogens (tertiary/aromatic N) is 1. The van der Waals surface area contributed by atoms with Gasteiger partial charge in [0.15, 0.2) is 0 Å². The molecule has 1 aliphatic rings. The third-order valence-corrected chi connectivity index (χ3v) is 6.05. The molecule has 1 saturated heterocycles. The van der Waals surface area contributed by atoms with Gasteiger partial charge in [-0.2, -0.15) is 11.8 Å². The van der Waals surface area contributed by atoms with Crippen LogP contribution in [0.25, 0.3) is 0 Å². The van der Waals surface area contributed by atoms with E-state index in [2.05, 4.69) is 4.72 Å². The van der Waals surface area contributed by atoms with Crippen molar-refractivity contribution in [1.29, 1.82) is 0 Å². The van der Waals surface area contributed by atoms with E-state index in [9.17, 15) is 13.2 Å². The summed E-state index contributed by atoms with van der Waals surface area (Å²) in [6.07, 6.45) is 3.97. The number of sulfonamides is 1. The fourth-order valence-corrected chi connectivity index (χ4v) is 4.84. The summed E-state index contributed by atoms with van der Waals surface area (Å²) in [7, 11) is -3.66. The average Bonchev–Trinajstić information content (AvgIpc) is 2.85. The molecule has 1 unspecified atom stereocenters. The zero-order valence-electron chi connectivity index (χ0n) is 11.9. The summed E-state index contributed by atoms with van der Waals surface area (Å²) in [4.78, 5) is 11.2. The van der Waals surface area contributed by atoms with Crippen LogP contribution in [-0.2, 0) is 16.6 Å². The first kappa shape index (κ1) is 16.4. The molecule has 0 amide bonds. The van der Waals surface area contributed by atoms with Crippen LogP contribution in [0.3, 0.4) is 0 Å². The Balaban J connectivity index is 2.22. The van der Waals surface area contributed by atoms with E-state index in [4.69, 9.17) is 5.11 Å². The van der Waals surface area contributed by atoms with E-state index in [0.29, 0.717) is 6.54 Å². The van der Waals surface area contributed by atoms with Gasteiger partial charge in [-0.1, -0.05) is 6.92 Å². The van der Waals surface area contributed by atoms with Crippen molar-refractivity contribution in [1.82, 2.24) is 9.29 Å². The molecule has 0 saturated carbocycles. The Kier molecular flexibility index (Phi) is 5.34. The lowest BCUT2D eigenvalue weighted by Crippen LogP contribution is -2.38. The SMILES string of the molecule is CCCn1cc(S(=O)(=O)NC2CCCSC2)cc1C(=O)O. The Morgan fingerprint density at radius 1 is 1.57 bits per heavy atom. The van der Waals surface area contributed by atoms with E-state index in [1.165, 1.54) is 16.8 Å². The Bertz CT molecular complexity index is 604. The normalized spacial score (nSPS) is 19.6. The van der Waals surface area contributed by atoms with Gasteiger partial charge in [-0.25, -0.2) is 17.9 Å². The molecule has 21 heavy (non-hydrogen) atoms. The van der Waals surface area contributed by atoms with Gasteiger partial charge in [0.05, 0.1) is 0 Å². The highest BCUT2D eigenvalue weighted by Gasteiger charge is 2.25. The second kappa shape index (κ2) is 6.85. The highest BCUT2D eigenvalue weighted by molar-refractivity contribution is 7.99. The van der Waals surface area contributed by atoms with E-state index in [1.54, 1.807) is 11.8 Å².